The SMILES string of the molecule is CCc1cc(=O)[nH]c(CN2CCC(C)(CN)C2)n1.Cl. The Morgan fingerprint density at radius 3 is 2.89 bits per heavy atom. The fourth-order valence-corrected chi connectivity index (χ4v) is 2.46. The highest BCUT2D eigenvalue weighted by atomic mass is 35.5. The summed E-state index contributed by atoms with van der Waals surface area (Å²) in [5, 5.41) is 0. The molecule has 0 aliphatic carbocycles. The largest absolute Gasteiger partial charge is 0.330 e. The molecule has 1 aliphatic rings. The van der Waals surface area contributed by atoms with Gasteiger partial charge in [-0.05, 0) is 31.3 Å². The number of aromatic nitrogens is 2. The fourth-order valence-electron chi connectivity index (χ4n) is 2.46. The lowest BCUT2D eigenvalue weighted by molar-refractivity contribution is 0.269. The minimum Gasteiger partial charge on any atom is -0.330 e. The van der Waals surface area contributed by atoms with Crippen molar-refractivity contribution in [1.29, 1.82) is 0 Å². The summed E-state index contributed by atoms with van der Waals surface area (Å²) in [7, 11) is 0. The molecule has 3 N–H and O–H groups in total. The number of hydrogen-bond donors (Lipinski definition) is 2. The van der Waals surface area contributed by atoms with Crippen molar-refractivity contribution in [2.24, 2.45) is 11.1 Å². The van der Waals surface area contributed by atoms with Crippen molar-refractivity contribution in [1.82, 2.24) is 14.9 Å². The van der Waals surface area contributed by atoms with Gasteiger partial charge >= 0.3 is 0 Å². The number of hydrogen-bond acceptors (Lipinski definition) is 4. The Balaban J connectivity index is 0.00000180. The zero-order chi connectivity index (χ0) is 13.2. The Morgan fingerprint density at radius 1 is 1.58 bits per heavy atom. The normalized spacial score (nSPS) is 23.3. The monoisotopic (exact) mass is 286 g/mol. The number of H-pyrrole nitrogens is 1. The Kier molecular flexibility index (Phi) is 5.52. The number of nitrogens with zero attached hydrogens (tertiary/aromatic N) is 2. The van der Waals surface area contributed by atoms with Crippen LogP contribution >= 0.6 is 12.4 Å². The minimum atomic E-state index is -0.0577. The molecule has 6 heteroatoms. The van der Waals surface area contributed by atoms with Crippen LogP contribution < -0.4 is 11.3 Å². The molecule has 0 aromatic carbocycles. The minimum absolute atomic E-state index is 0. The van der Waals surface area contributed by atoms with Crippen LogP contribution in [0.3, 0.4) is 0 Å². The van der Waals surface area contributed by atoms with Crippen molar-refractivity contribution >= 4 is 12.4 Å². The van der Waals surface area contributed by atoms with Gasteiger partial charge < -0.3 is 10.7 Å². The van der Waals surface area contributed by atoms with Crippen LogP contribution in [0.25, 0.3) is 0 Å². The van der Waals surface area contributed by atoms with Crippen molar-refractivity contribution in [2.75, 3.05) is 19.6 Å². The maximum absolute atomic E-state index is 11.5. The highest BCUT2D eigenvalue weighted by Gasteiger charge is 2.32. The van der Waals surface area contributed by atoms with Gasteiger partial charge in [0.15, 0.2) is 0 Å². The molecule has 19 heavy (non-hydrogen) atoms. The number of aromatic amines is 1. The molecule has 2 rings (SSSR count). The third kappa shape index (κ3) is 4.03. The lowest BCUT2D eigenvalue weighted by atomic mass is 9.90. The van der Waals surface area contributed by atoms with E-state index in [4.69, 9.17) is 5.73 Å². The summed E-state index contributed by atoms with van der Waals surface area (Å²) in [4.78, 5) is 21.1. The highest BCUT2D eigenvalue weighted by Crippen LogP contribution is 2.28. The number of rotatable bonds is 4. The summed E-state index contributed by atoms with van der Waals surface area (Å²) in [6.07, 6.45) is 1.90. The van der Waals surface area contributed by atoms with E-state index in [1.165, 1.54) is 0 Å². The molecule has 108 valence electrons. The number of nitrogens with one attached hydrogen (secondary N) is 1. The maximum Gasteiger partial charge on any atom is 0.251 e. The summed E-state index contributed by atoms with van der Waals surface area (Å²) in [5.41, 5.74) is 6.80. The molecular formula is C13H23ClN4O. The molecular weight excluding hydrogens is 264 g/mol. The standard InChI is InChI=1S/C13H22N4O.ClH/c1-3-10-6-12(18)16-11(15-10)7-17-5-4-13(2,8-14)9-17;/h6H,3-5,7-9,14H2,1-2H3,(H,15,16,18);1H. The van der Waals surface area contributed by atoms with Crippen LogP contribution in [0.4, 0.5) is 0 Å². The summed E-state index contributed by atoms with van der Waals surface area (Å²) >= 11 is 0. The van der Waals surface area contributed by atoms with Gasteiger partial charge in [-0.1, -0.05) is 13.8 Å². The first-order chi connectivity index (χ1) is 8.54. The maximum atomic E-state index is 11.5. The van der Waals surface area contributed by atoms with E-state index in [2.05, 4.69) is 21.8 Å². The molecule has 0 saturated carbocycles. The Morgan fingerprint density at radius 2 is 2.32 bits per heavy atom. The molecule has 5 nitrogen and oxygen atoms in total. The number of nitrogens with two attached hydrogens (primary N) is 1. The Bertz CT molecular complexity index is 476. The van der Waals surface area contributed by atoms with Crippen molar-refractivity contribution < 1.29 is 0 Å². The zero-order valence-electron chi connectivity index (χ0n) is 11.6. The molecule has 1 atom stereocenters. The van der Waals surface area contributed by atoms with E-state index in [0.717, 1.165) is 37.4 Å². The molecule has 1 aromatic rings. The van der Waals surface area contributed by atoms with E-state index in [0.29, 0.717) is 13.1 Å². The van der Waals surface area contributed by atoms with E-state index in [1.807, 2.05) is 6.92 Å². The molecule has 1 aliphatic heterocycles. The smallest absolute Gasteiger partial charge is 0.251 e. The average molecular weight is 287 g/mol. The summed E-state index contributed by atoms with van der Waals surface area (Å²) in [6.45, 7) is 7.64. The molecule has 2 heterocycles. The van der Waals surface area contributed by atoms with E-state index < -0.39 is 0 Å². The summed E-state index contributed by atoms with van der Waals surface area (Å²) in [6, 6.07) is 1.57. The van der Waals surface area contributed by atoms with Gasteiger partial charge in [-0.2, -0.15) is 0 Å². The predicted molar refractivity (Wildman–Crippen MR) is 78.5 cm³/mol. The third-order valence-corrected chi connectivity index (χ3v) is 3.71. The molecule has 1 saturated heterocycles. The molecule has 0 radical (unpaired) electrons. The van der Waals surface area contributed by atoms with Gasteiger partial charge in [-0.15, -0.1) is 12.4 Å². The van der Waals surface area contributed by atoms with Crippen LogP contribution in [0, 0.1) is 5.41 Å². The Hall–Kier alpha value is -0.910. The molecule has 1 fully saturated rings. The Labute approximate surface area is 120 Å². The number of halogens is 1. The van der Waals surface area contributed by atoms with Crippen molar-refractivity contribution in [3.8, 4) is 0 Å². The van der Waals surface area contributed by atoms with Crippen LogP contribution in [0.1, 0.15) is 31.8 Å². The van der Waals surface area contributed by atoms with Crippen LogP contribution in [0.2, 0.25) is 0 Å². The second-order valence-electron chi connectivity index (χ2n) is 5.51. The zero-order valence-corrected chi connectivity index (χ0v) is 12.4. The molecule has 0 amide bonds. The third-order valence-electron chi connectivity index (χ3n) is 3.71. The fraction of sp³-hybridized carbons (Fsp3) is 0.692. The predicted octanol–water partition coefficient (Wildman–Crippen LogP) is 0.925. The van der Waals surface area contributed by atoms with Gasteiger partial charge in [0.05, 0.1) is 6.54 Å². The summed E-state index contributed by atoms with van der Waals surface area (Å²) < 4.78 is 0. The van der Waals surface area contributed by atoms with Gasteiger partial charge in [-0.25, -0.2) is 4.98 Å². The number of aryl methyl sites for hydroxylation is 1. The van der Waals surface area contributed by atoms with Gasteiger partial charge in [-0.3, -0.25) is 9.69 Å². The van der Waals surface area contributed by atoms with Gasteiger partial charge in [0, 0.05) is 18.3 Å². The van der Waals surface area contributed by atoms with Crippen molar-refractivity contribution in [3.05, 3.63) is 27.9 Å². The average Bonchev–Trinajstić information content (AvgIpc) is 2.71. The van der Waals surface area contributed by atoms with Crippen molar-refractivity contribution in [2.45, 2.75) is 33.2 Å². The van der Waals surface area contributed by atoms with E-state index >= 15 is 0 Å². The summed E-state index contributed by atoms with van der Waals surface area (Å²) in [5.74, 6) is 0.764. The molecule has 0 spiro atoms. The van der Waals surface area contributed by atoms with Crippen LogP contribution in [-0.4, -0.2) is 34.5 Å². The van der Waals surface area contributed by atoms with E-state index in [9.17, 15) is 4.79 Å². The van der Waals surface area contributed by atoms with E-state index in [1.54, 1.807) is 6.07 Å². The quantitative estimate of drug-likeness (QED) is 0.863. The molecule has 1 unspecified atom stereocenters. The second-order valence-corrected chi connectivity index (χ2v) is 5.51. The second kappa shape index (κ2) is 6.50. The van der Waals surface area contributed by atoms with Gasteiger partial charge in [0.1, 0.15) is 5.82 Å². The first kappa shape index (κ1) is 16.1. The highest BCUT2D eigenvalue weighted by molar-refractivity contribution is 5.85. The van der Waals surface area contributed by atoms with Gasteiger partial charge in [0.25, 0.3) is 5.56 Å². The van der Waals surface area contributed by atoms with Gasteiger partial charge in [0.2, 0.25) is 0 Å². The topological polar surface area (TPSA) is 75.0 Å². The lowest BCUT2D eigenvalue weighted by Crippen LogP contribution is -2.31. The van der Waals surface area contributed by atoms with Crippen LogP contribution in [-0.2, 0) is 13.0 Å². The molecule has 1 aromatic heterocycles. The molecule has 0 bridgehead atoms. The number of likely N-dealkylation sites (tertiary alicyclic amines) is 1. The van der Waals surface area contributed by atoms with Crippen molar-refractivity contribution in [3.63, 3.8) is 0 Å². The van der Waals surface area contributed by atoms with E-state index in [-0.39, 0.29) is 23.4 Å². The first-order valence-electron chi connectivity index (χ1n) is 6.56. The first-order valence-corrected chi connectivity index (χ1v) is 6.56. The van der Waals surface area contributed by atoms with Crippen LogP contribution in [0.5, 0.6) is 0 Å². The van der Waals surface area contributed by atoms with Crippen LogP contribution in [0.15, 0.2) is 10.9 Å². The lowest BCUT2D eigenvalue weighted by Gasteiger charge is -2.22.